The molecule has 0 amide bonds. The van der Waals surface area contributed by atoms with E-state index in [-0.39, 0.29) is 6.04 Å². The van der Waals surface area contributed by atoms with Gasteiger partial charge < -0.3 is 14.8 Å². The van der Waals surface area contributed by atoms with E-state index < -0.39 is 0 Å². The maximum Gasteiger partial charge on any atom is 0.127 e. The highest BCUT2D eigenvalue weighted by atomic mass is 32.1. The average molecular weight is 361 g/mol. The van der Waals surface area contributed by atoms with Crippen LogP contribution in [0, 0.1) is 0 Å². The van der Waals surface area contributed by atoms with Gasteiger partial charge in [-0.2, -0.15) is 0 Å². The van der Waals surface area contributed by atoms with Crippen molar-refractivity contribution in [3.63, 3.8) is 0 Å². The molecule has 0 fully saturated rings. The van der Waals surface area contributed by atoms with Gasteiger partial charge in [-0.3, -0.25) is 0 Å². The first-order valence-electron chi connectivity index (χ1n) is 7.66. The van der Waals surface area contributed by atoms with Gasteiger partial charge in [0.1, 0.15) is 16.5 Å². The number of thiophene rings is 1. The molecule has 0 spiro atoms. The normalized spacial score (nSPS) is 12.1. The Morgan fingerprint density at radius 3 is 2.71 bits per heavy atom. The number of nitrogens with zero attached hydrogens (tertiary/aromatic N) is 1. The largest absolute Gasteiger partial charge is 0.497 e. The molecule has 0 aliphatic rings. The number of hydrogen-bond donors (Lipinski definition) is 1. The van der Waals surface area contributed by atoms with Gasteiger partial charge in [0.2, 0.25) is 0 Å². The van der Waals surface area contributed by atoms with E-state index in [0.29, 0.717) is 6.54 Å². The molecule has 4 nitrogen and oxygen atoms in total. The molecule has 24 heavy (non-hydrogen) atoms. The Hall–Kier alpha value is -1.89. The number of nitrogens with one attached hydrogen (secondary N) is 1. The van der Waals surface area contributed by atoms with E-state index in [0.717, 1.165) is 28.5 Å². The minimum absolute atomic E-state index is 0.190. The summed E-state index contributed by atoms with van der Waals surface area (Å²) in [5, 5.41) is 8.86. The van der Waals surface area contributed by atoms with Gasteiger partial charge in [0.15, 0.2) is 0 Å². The van der Waals surface area contributed by atoms with Crippen molar-refractivity contribution in [2.45, 2.75) is 19.0 Å². The molecule has 0 radical (unpaired) electrons. The van der Waals surface area contributed by atoms with E-state index in [9.17, 15) is 0 Å². The van der Waals surface area contributed by atoms with Gasteiger partial charge in [0.05, 0.1) is 20.3 Å². The van der Waals surface area contributed by atoms with Crippen molar-refractivity contribution in [2.75, 3.05) is 14.2 Å². The molecule has 1 atom stereocenters. The summed E-state index contributed by atoms with van der Waals surface area (Å²) in [5.41, 5.74) is 1.10. The molecule has 1 aromatic carbocycles. The number of rotatable bonds is 8. The van der Waals surface area contributed by atoms with Crippen LogP contribution in [0.4, 0.5) is 0 Å². The van der Waals surface area contributed by atoms with E-state index in [1.54, 1.807) is 36.9 Å². The first-order valence-corrected chi connectivity index (χ1v) is 9.42. The minimum Gasteiger partial charge on any atom is -0.497 e. The average Bonchev–Trinajstić information content (AvgIpc) is 3.32. The summed E-state index contributed by atoms with van der Waals surface area (Å²) < 4.78 is 10.7. The molecule has 0 saturated carbocycles. The van der Waals surface area contributed by atoms with Crippen LogP contribution in [0.15, 0.2) is 47.3 Å². The molecule has 0 bridgehead atoms. The fraction of sp³-hybridized carbons (Fsp3) is 0.278. The minimum atomic E-state index is 0.190. The fourth-order valence-electron chi connectivity index (χ4n) is 2.51. The Balaban J connectivity index is 1.74. The molecule has 2 aromatic heterocycles. The van der Waals surface area contributed by atoms with E-state index in [2.05, 4.69) is 27.8 Å². The smallest absolute Gasteiger partial charge is 0.127 e. The van der Waals surface area contributed by atoms with Crippen LogP contribution in [0.3, 0.4) is 0 Å². The third-order valence-electron chi connectivity index (χ3n) is 3.77. The van der Waals surface area contributed by atoms with Gasteiger partial charge in [-0.25, -0.2) is 4.98 Å². The molecule has 0 aliphatic heterocycles. The van der Waals surface area contributed by atoms with Crippen molar-refractivity contribution in [3.05, 3.63) is 62.7 Å². The van der Waals surface area contributed by atoms with E-state index >= 15 is 0 Å². The molecular weight excluding hydrogens is 340 g/mol. The Morgan fingerprint density at radius 1 is 1.12 bits per heavy atom. The number of benzene rings is 1. The molecule has 1 N–H and O–H groups in total. The first-order chi connectivity index (χ1) is 11.8. The summed E-state index contributed by atoms with van der Waals surface area (Å²) in [5.74, 6) is 1.63. The fourth-order valence-corrected chi connectivity index (χ4v) is 3.98. The van der Waals surface area contributed by atoms with E-state index in [4.69, 9.17) is 9.47 Å². The van der Waals surface area contributed by atoms with Gasteiger partial charge in [-0.15, -0.1) is 22.7 Å². The van der Waals surface area contributed by atoms with E-state index in [1.807, 2.05) is 29.8 Å². The number of ether oxygens (including phenoxy) is 2. The highest BCUT2D eigenvalue weighted by Gasteiger charge is 2.16. The molecule has 0 unspecified atom stereocenters. The quantitative estimate of drug-likeness (QED) is 0.651. The summed E-state index contributed by atoms with van der Waals surface area (Å²) in [4.78, 5) is 5.84. The van der Waals surface area contributed by atoms with Crippen LogP contribution in [0.25, 0.3) is 0 Å². The Morgan fingerprint density at radius 2 is 2.04 bits per heavy atom. The van der Waals surface area contributed by atoms with Crippen molar-refractivity contribution >= 4 is 22.7 Å². The molecule has 126 valence electrons. The van der Waals surface area contributed by atoms with Crippen LogP contribution in [0.5, 0.6) is 11.5 Å². The van der Waals surface area contributed by atoms with Crippen LogP contribution in [0.2, 0.25) is 0 Å². The maximum atomic E-state index is 5.49. The second-order valence-electron chi connectivity index (χ2n) is 5.27. The number of thiazole rings is 1. The van der Waals surface area contributed by atoms with Gasteiger partial charge in [-0.1, -0.05) is 12.1 Å². The Labute approximate surface area is 150 Å². The Bertz CT molecular complexity index is 742. The summed E-state index contributed by atoms with van der Waals surface area (Å²) in [6, 6.07) is 10.3. The third kappa shape index (κ3) is 4.14. The first kappa shape index (κ1) is 17.0. The SMILES string of the molecule is COc1ccc(CN[C@H](Cc2cccs2)c2nccs2)c(OC)c1. The highest BCUT2D eigenvalue weighted by molar-refractivity contribution is 7.10. The van der Waals surface area contributed by atoms with Crippen LogP contribution >= 0.6 is 22.7 Å². The zero-order valence-electron chi connectivity index (χ0n) is 13.7. The van der Waals surface area contributed by atoms with E-state index in [1.165, 1.54) is 4.88 Å². The van der Waals surface area contributed by atoms with Gasteiger partial charge in [-0.05, 0) is 17.5 Å². The molecule has 2 heterocycles. The zero-order valence-corrected chi connectivity index (χ0v) is 15.3. The second kappa shape index (κ2) is 8.28. The predicted octanol–water partition coefficient (Wildman–Crippen LogP) is 4.30. The standard InChI is InChI=1S/C18H20N2O2S2/c1-21-14-6-5-13(17(10-14)22-2)12-20-16(18-19-7-9-24-18)11-15-4-3-8-23-15/h3-10,16,20H,11-12H2,1-2H3/t16-/m1/s1. The van der Waals surface area contributed by atoms with Gasteiger partial charge >= 0.3 is 0 Å². The summed E-state index contributed by atoms with van der Waals surface area (Å²) in [7, 11) is 3.34. The molecular formula is C18H20N2O2S2. The lowest BCUT2D eigenvalue weighted by molar-refractivity contribution is 0.388. The lowest BCUT2D eigenvalue weighted by Crippen LogP contribution is -2.23. The summed E-state index contributed by atoms with van der Waals surface area (Å²) >= 11 is 3.46. The van der Waals surface area contributed by atoms with Gasteiger partial charge in [0.25, 0.3) is 0 Å². The Kier molecular flexibility index (Phi) is 5.85. The van der Waals surface area contributed by atoms with Crippen LogP contribution in [-0.2, 0) is 13.0 Å². The summed E-state index contributed by atoms with van der Waals surface area (Å²) in [6.07, 6.45) is 2.79. The van der Waals surface area contributed by atoms with Crippen molar-refractivity contribution in [1.82, 2.24) is 10.3 Å². The molecule has 0 saturated heterocycles. The number of hydrogen-bond acceptors (Lipinski definition) is 6. The molecule has 3 aromatic rings. The molecule has 0 aliphatic carbocycles. The van der Waals surface area contributed by atoms with Crippen LogP contribution < -0.4 is 14.8 Å². The topological polar surface area (TPSA) is 43.4 Å². The van der Waals surface area contributed by atoms with Crippen molar-refractivity contribution in [1.29, 1.82) is 0 Å². The van der Waals surface area contributed by atoms with Gasteiger partial charge in [0, 0.05) is 41.0 Å². The van der Waals surface area contributed by atoms with Crippen molar-refractivity contribution in [3.8, 4) is 11.5 Å². The van der Waals surface area contributed by atoms with Crippen molar-refractivity contribution < 1.29 is 9.47 Å². The molecule has 6 heteroatoms. The highest BCUT2D eigenvalue weighted by Crippen LogP contribution is 2.27. The molecule has 3 rings (SSSR count). The lowest BCUT2D eigenvalue weighted by atomic mass is 10.1. The van der Waals surface area contributed by atoms with Crippen LogP contribution in [-0.4, -0.2) is 19.2 Å². The van der Waals surface area contributed by atoms with Crippen LogP contribution in [0.1, 0.15) is 21.5 Å². The monoisotopic (exact) mass is 360 g/mol. The lowest BCUT2D eigenvalue weighted by Gasteiger charge is -2.17. The number of methoxy groups -OCH3 is 2. The zero-order chi connectivity index (χ0) is 16.8. The van der Waals surface area contributed by atoms with Crippen molar-refractivity contribution in [2.24, 2.45) is 0 Å². The second-order valence-corrected chi connectivity index (χ2v) is 7.22. The third-order valence-corrected chi connectivity index (χ3v) is 5.56. The number of aromatic nitrogens is 1. The predicted molar refractivity (Wildman–Crippen MR) is 99.3 cm³/mol. The maximum absolute atomic E-state index is 5.49. The summed E-state index contributed by atoms with van der Waals surface area (Å²) in [6.45, 7) is 0.711.